The Balaban J connectivity index is 2.21. The minimum atomic E-state index is -0.494. The van der Waals surface area contributed by atoms with E-state index in [9.17, 15) is 9.18 Å². The number of rotatable bonds is 6. The van der Waals surface area contributed by atoms with Crippen molar-refractivity contribution in [1.82, 2.24) is 0 Å². The van der Waals surface area contributed by atoms with E-state index in [1.165, 1.54) is 12.1 Å². The summed E-state index contributed by atoms with van der Waals surface area (Å²) in [6.45, 7) is 4.72. The summed E-state index contributed by atoms with van der Waals surface area (Å²) in [4.78, 5) is 12.2. The van der Waals surface area contributed by atoms with Crippen LogP contribution in [0.15, 0.2) is 36.4 Å². The van der Waals surface area contributed by atoms with Crippen molar-refractivity contribution in [2.75, 3.05) is 18.5 Å². The van der Waals surface area contributed by atoms with Crippen LogP contribution in [0.5, 0.6) is 11.5 Å². The van der Waals surface area contributed by atoms with Crippen LogP contribution in [0.3, 0.4) is 0 Å². The summed E-state index contributed by atoms with van der Waals surface area (Å²) in [5.41, 5.74) is 0.724. The molecule has 0 aromatic heterocycles. The van der Waals surface area contributed by atoms with Crippen molar-refractivity contribution in [3.8, 4) is 11.5 Å². The number of amides is 1. The Morgan fingerprint density at radius 2 is 1.78 bits per heavy atom. The minimum Gasteiger partial charge on any atom is -0.490 e. The van der Waals surface area contributed by atoms with Gasteiger partial charge in [-0.2, -0.15) is 0 Å². The molecule has 0 heterocycles. The highest BCUT2D eigenvalue weighted by molar-refractivity contribution is 6.34. The fraction of sp³-hybridized carbons (Fsp3) is 0.235. The fourth-order valence-electron chi connectivity index (χ4n) is 2.00. The quantitative estimate of drug-likeness (QED) is 0.842. The van der Waals surface area contributed by atoms with Crippen LogP contribution in [-0.4, -0.2) is 19.1 Å². The van der Waals surface area contributed by atoms with Gasteiger partial charge < -0.3 is 14.8 Å². The molecule has 6 heteroatoms. The summed E-state index contributed by atoms with van der Waals surface area (Å²) in [6.07, 6.45) is 0. The highest BCUT2D eigenvalue weighted by Crippen LogP contribution is 2.31. The van der Waals surface area contributed by atoms with Crippen LogP contribution in [0.1, 0.15) is 24.2 Å². The van der Waals surface area contributed by atoms with Crippen molar-refractivity contribution in [2.24, 2.45) is 0 Å². The number of benzene rings is 2. The lowest BCUT2D eigenvalue weighted by atomic mass is 10.2. The number of hydrogen-bond donors (Lipinski definition) is 1. The van der Waals surface area contributed by atoms with E-state index in [1.807, 2.05) is 13.8 Å². The zero-order chi connectivity index (χ0) is 16.8. The van der Waals surface area contributed by atoms with Crippen LogP contribution in [-0.2, 0) is 0 Å². The molecular weight excluding hydrogens is 321 g/mol. The third kappa shape index (κ3) is 4.36. The minimum absolute atomic E-state index is 0.0541. The number of ether oxygens (including phenoxy) is 2. The lowest BCUT2D eigenvalue weighted by Crippen LogP contribution is -2.13. The highest BCUT2D eigenvalue weighted by Gasteiger charge is 2.13. The zero-order valence-corrected chi connectivity index (χ0v) is 13.6. The Bertz CT molecular complexity index is 706. The Hall–Kier alpha value is -2.27. The molecule has 2 rings (SSSR count). The predicted molar refractivity (Wildman–Crippen MR) is 88.1 cm³/mol. The van der Waals surface area contributed by atoms with Gasteiger partial charge in [-0.05, 0) is 44.2 Å². The Kier molecular flexibility index (Phi) is 5.82. The van der Waals surface area contributed by atoms with E-state index >= 15 is 0 Å². The molecule has 23 heavy (non-hydrogen) atoms. The van der Waals surface area contributed by atoms with Gasteiger partial charge in [0.2, 0.25) is 0 Å². The van der Waals surface area contributed by atoms with Gasteiger partial charge in [-0.25, -0.2) is 4.39 Å². The Morgan fingerprint density at radius 1 is 1.09 bits per heavy atom. The lowest BCUT2D eigenvalue weighted by molar-refractivity contribution is 0.102. The third-order valence-corrected chi connectivity index (χ3v) is 3.29. The largest absolute Gasteiger partial charge is 0.490 e. The normalized spacial score (nSPS) is 10.3. The molecule has 0 atom stereocenters. The molecule has 1 N–H and O–H groups in total. The van der Waals surface area contributed by atoms with E-state index < -0.39 is 11.7 Å². The average Bonchev–Trinajstić information content (AvgIpc) is 2.50. The second kappa shape index (κ2) is 7.83. The van der Waals surface area contributed by atoms with Gasteiger partial charge in [-0.1, -0.05) is 11.6 Å². The lowest BCUT2D eigenvalue weighted by Gasteiger charge is -2.13. The molecule has 0 spiro atoms. The first kappa shape index (κ1) is 17.1. The van der Waals surface area contributed by atoms with E-state index in [1.54, 1.807) is 18.2 Å². The van der Waals surface area contributed by atoms with Crippen LogP contribution in [0.4, 0.5) is 10.1 Å². The summed E-state index contributed by atoms with van der Waals surface area (Å²) in [7, 11) is 0. The molecule has 0 radical (unpaired) electrons. The van der Waals surface area contributed by atoms with Crippen LogP contribution in [0.2, 0.25) is 5.02 Å². The number of nitrogens with one attached hydrogen (secondary N) is 1. The zero-order valence-electron chi connectivity index (χ0n) is 12.9. The van der Waals surface area contributed by atoms with Crippen LogP contribution in [0, 0.1) is 5.82 Å². The van der Waals surface area contributed by atoms with Gasteiger partial charge in [-0.15, -0.1) is 0 Å². The van der Waals surface area contributed by atoms with E-state index in [0.29, 0.717) is 30.4 Å². The number of anilines is 1. The predicted octanol–water partition coefficient (Wildman–Crippen LogP) is 4.53. The summed E-state index contributed by atoms with van der Waals surface area (Å²) < 4.78 is 24.0. The summed E-state index contributed by atoms with van der Waals surface area (Å²) in [5, 5.41) is 2.76. The van der Waals surface area contributed by atoms with Gasteiger partial charge in [0.1, 0.15) is 5.82 Å². The SMILES string of the molecule is CCOc1ccc(NC(=O)c2ccc(F)cc2Cl)cc1OCC. The number of carbonyl (C=O) groups is 1. The van der Waals surface area contributed by atoms with Crippen LogP contribution >= 0.6 is 11.6 Å². The molecule has 0 unspecified atom stereocenters. The molecule has 0 fully saturated rings. The maximum absolute atomic E-state index is 13.0. The van der Waals surface area contributed by atoms with E-state index in [-0.39, 0.29) is 10.6 Å². The van der Waals surface area contributed by atoms with Gasteiger partial charge in [0.25, 0.3) is 5.91 Å². The molecule has 4 nitrogen and oxygen atoms in total. The molecule has 0 saturated heterocycles. The molecule has 0 bridgehead atoms. The van der Waals surface area contributed by atoms with Gasteiger partial charge in [0.05, 0.1) is 23.8 Å². The fourth-order valence-corrected chi connectivity index (χ4v) is 2.25. The number of hydrogen-bond acceptors (Lipinski definition) is 3. The van der Waals surface area contributed by atoms with Crippen LogP contribution in [0.25, 0.3) is 0 Å². The second-order valence-corrected chi connectivity index (χ2v) is 5.01. The molecule has 1 amide bonds. The van der Waals surface area contributed by atoms with Crippen molar-refractivity contribution in [3.63, 3.8) is 0 Å². The number of carbonyl (C=O) groups excluding carboxylic acids is 1. The summed E-state index contributed by atoms with van der Waals surface area (Å²) in [6, 6.07) is 8.71. The molecule has 2 aromatic carbocycles. The maximum atomic E-state index is 13.0. The first-order valence-electron chi connectivity index (χ1n) is 7.21. The van der Waals surface area contributed by atoms with Crippen molar-refractivity contribution in [1.29, 1.82) is 0 Å². The Labute approximate surface area is 139 Å². The first-order valence-corrected chi connectivity index (χ1v) is 7.59. The standard InChI is InChI=1S/C17H17ClFNO3/c1-3-22-15-8-6-12(10-16(15)23-4-2)20-17(21)13-7-5-11(19)9-14(13)18/h5-10H,3-4H2,1-2H3,(H,20,21). The van der Waals surface area contributed by atoms with Gasteiger partial charge in [0, 0.05) is 11.8 Å². The molecular formula is C17H17ClFNO3. The van der Waals surface area contributed by atoms with E-state index in [4.69, 9.17) is 21.1 Å². The topological polar surface area (TPSA) is 47.6 Å². The molecule has 0 aliphatic carbocycles. The van der Waals surface area contributed by atoms with Gasteiger partial charge in [0.15, 0.2) is 11.5 Å². The molecule has 0 aliphatic rings. The van der Waals surface area contributed by atoms with Crippen molar-refractivity contribution < 1.29 is 18.7 Å². The van der Waals surface area contributed by atoms with Crippen molar-refractivity contribution >= 4 is 23.2 Å². The number of halogens is 2. The summed E-state index contributed by atoms with van der Waals surface area (Å²) in [5.74, 6) is 0.220. The molecule has 0 aliphatic heterocycles. The van der Waals surface area contributed by atoms with Crippen molar-refractivity contribution in [2.45, 2.75) is 13.8 Å². The highest BCUT2D eigenvalue weighted by atomic mass is 35.5. The second-order valence-electron chi connectivity index (χ2n) is 4.61. The average molecular weight is 338 g/mol. The Morgan fingerprint density at radius 3 is 2.43 bits per heavy atom. The van der Waals surface area contributed by atoms with Crippen LogP contribution < -0.4 is 14.8 Å². The third-order valence-electron chi connectivity index (χ3n) is 2.98. The first-order chi connectivity index (χ1) is 11.0. The maximum Gasteiger partial charge on any atom is 0.257 e. The van der Waals surface area contributed by atoms with Gasteiger partial charge in [-0.3, -0.25) is 4.79 Å². The van der Waals surface area contributed by atoms with Crippen molar-refractivity contribution in [3.05, 3.63) is 52.8 Å². The van der Waals surface area contributed by atoms with E-state index in [2.05, 4.69) is 5.32 Å². The molecule has 122 valence electrons. The monoisotopic (exact) mass is 337 g/mol. The summed E-state index contributed by atoms with van der Waals surface area (Å²) >= 11 is 5.89. The molecule has 2 aromatic rings. The van der Waals surface area contributed by atoms with E-state index in [0.717, 1.165) is 6.07 Å². The smallest absolute Gasteiger partial charge is 0.257 e. The molecule has 0 saturated carbocycles. The van der Waals surface area contributed by atoms with Gasteiger partial charge >= 0.3 is 0 Å².